The van der Waals surface area contributed by atoms with Crippen LogP contribution >= 0.6 is 0 Å². The molecule has 0 aromatic heterocycles. The van der Waals surface area contributed by atoms with Gasteiger partial charge in [0.1, 0.15) is 11.5 Å². The normalized spacial score (nSPS) is 12.0. The number of para-hydroxylation sites is 1. The number of unbranched alkanes of at least 4 members (excludes halogenated alkanes) is 15. The van der Waals surface area contributed by atoms with Crippen molar-refractivity contribution in [2.45, 2.75) is 116 Å². The lowest BCUT2D eigenvalue weighted by molar-refractivity contribution is 0.0496. The van der Waals surface area contributed by atoms with Gasteiger partial charge in [0.15, 0.2) is 0 Å². The second kappa shape index (κ2) is 16.4. The lowest BCUT2D eigenvalue weighted by Gasteiger charge is -2.21. The van der Waals surface area contributed by atoms with Gasteiger partial charge in [0.05, 0.1) is 12.2 Å². The van der Waals surface area contributed by atoms with Gasteiger partial charge in [0.2, 0.25) is 0 Å². The van der Waals surface area contributed by atoms with E-state index in [2.05, 4.69) is 13.0 Å². The standard InChI is InChI=1S/C32H46O3/c1-2-3-4-5-6-7-8-9-10-11-12-13-14-15-16-19-25-34-32(33)28-22-20-24-31-29(28)26-27-21-17-18-23-30(27)35-31/h17-18,20-24H,2-16,19,25-26H2,1H3. The second-order valence-corrected chi connectivity index (χ2v) is 10.1. The Kier molecular flexibility index (Phi) is 12.8. The van der Waals surface area contributed by atoms with E-state index in [1.54, 1.807) is 0 Å². The first kappa shape index (κ1) is 27.3. The Morgan fingerprint density at radius 2 is 1.23 bits per heavy atom. The minimum absolute atomic E-state index is 0.231. The molecule has 0 saturated carbocycles. The monoisotopic (exact) mass is 478 g/mol. The van der Waals surface area contributed by atoms with Crippen LogP contribution in [-0.4, -0.2) is 12.6 Å². The molecular formula is C32H46O3. The summed E-state index contributed by atoms with van der Waals surface area (Å²) in [6.45, 7) is 2.78. The fourth-order valence-electron chi connectivity index (χ4n) is 4.99. The molecule has 35 heavy (non-hydrogen) atoms. The van der Waals surface area contributed by atoms with Crippen molar-refractivity contribution in [1.29, 1.82) is 0 Å². The van der Waals surface area contributed by atoms with E-state index in [0.717, 1.165) is 35.5 Å². The molecule has 0 radical (unpaired) electrons. The zero-order valence-electron chi connectivity index (χ0n) is 22.0. The maximum absolute atomic E-state index is 12.7. The number of carbonyl (C=O) groups excluding carboxylic acids is 1. The Labute approximate surface area is 213 Å². The number of hydrogen-bond acceptors (Lipinski definition) is 3. The van der Waals surface area contributed by atoms with E-state index in [9.17, 15) is 4.79 Å². The number of carbonyl (C=O) groups is 1. The van der Waals surface area contributed by atoms with Crippen LogP contribution in [0.5, 0.6) is 11.5 Å². The van der Waals surface area contributed by atoms with Gasteiger partial charge in [-0.05, 0) is 30.2 Å². The number of ether oxygens (including phenoxy) is 2. The summed E-state index contributed by atoms with van der Waals surface area (Å²) in [7, 11) is 0. The number of rotatable bonds is 18. The van der Waals surface area contributed by atoms with Crippen molar-refractivity contribution >= 4 is 5.97 Å². The fraction of sp³-hybridized carbons (Fsp3) is 0.594. The molecule has 0 fully saturated rings. The third-order valence-electron chi connectivity index (χ3n) is 7.14. The Balaban J connectivity index is 1.18. The second-order valence-electron chi connectivity index (χ2n) is 10.1. The van der Waals surface area contributed by atoms with E-state index in [0.29, 0.717) is 18.6 Å². The van der Waals surface area contributed by atoms with Gasteiger partial charge in [-0.3, -0.25) is 0 Å². The van der Waals surface area contributed by atoms with E-state index < -0.39 is 0 Å². The van der Waals surface area contributed by atoms with Crippen LogP contribution in [0.25, 0.3) is 0 Å². The summed E-state index contributed by atoms with van der Waals surface area (Å²) >= 11 is 0. The topological polar surface area (TPSA) is 35.5 Å². The zero-order chi connectivity index (χ0) is 24.6. The molecule has 1 aliphatic rings. The summed E-state index contributed by atoms with van der Waals surface area (Å²) in [5.41, 5.74) is 2.68. The first-order valence-corrected chi connectivity index (χ1v) is 14.3. The summed E-state index contributed by atoms with van der Waals surface area (Å²) in [4.78, 5) is 12.7. The Morgan fingerprint density at radius 1 is 0.686 bits per heavy atom. The highest BCUT2D eigenvalue weighted by molar-refractivity contribution is 5.92. The maximum Gasteiger partial charge on any atom is 0.338 e. The number of benzene rings is 2. The predicted molar refractivity (Wildman–Crippen MR) is 146 cm³/mol. The van der Waals surface area contributed by atoms with Gasteiger partial charge >= 0.3 is 5.97 Å². The molecule has 0 spiro atoms. The van der Waals surface area contributed by atoms with Gasteiger partial charge in [-0.1, -0.05) is 128 Å². The van der Waals surface area contributed by atoms with E-state index in [4.69, 9.17) is 9.47 Å². The largest absolute Gasteiger partial charge is 0.462 e. The van der Waals surface area contributed by atoms with Gasteiger partial charge in [-0.15, -0.1) is 0 Å². The minimum atomic E-state index is -0.231. The molecule has 2 aromatic carbocycles. The van der Waals surface area contributed by atoms with Crippen LogP contribution in [-0.2, 0) is 11.2 Å². The molecule has 0 aliphatic carbocycles. The van der Waals surface area contributed by atoms with Crippen molar-refractivity contribution in [3.63, 3.8) is 0 Å². The summed E-state index contributed by atoms with van der Waals surface area (Å²) in [6, 6.07) is 13.7. The third kappa shape index (κ3) is 9.70. The van der Waals surface area contributed by atoms with Crippen LogP contribution in [0.2, 0.25) is 0 Å². The molecule has 0 amide bonds. The minimum Gasteiger partial charge on any atom is -0.462 e. The van der Waals surface area contributed by atoms with E-state index >= 15 is 0 Å². The Hall–Kier alpha value is -2.29. The molecule has 1 heterocycles. The molecule has 3 nitrogen and oxygen atoms in total. The van der Waals surface area contributed by atoms with Crippen LogP contribution in [0, 0.1) is 0 Å². The summed E-state index contributed by atoms with van der Waals surface area (Å²) in [5, 5.41) is 0. The van der Waals surface area contributed by atoms with Gasteiger partial charge < -0.3 is 9.47 Å². The van der Waals surface area contributed by atoms with Crippen molar-refractivity contribution in [1.82, 2.24) is 0 Å². The number of fused-ring (bicyclic) bond motifs is 2. The third-order valence-corrected chi connectivity index (χ3v) is 7.14. The van der Waals surface area contributed by atoms with Crippen LogP contribution in [0.15, 0.2) is 42.5 Å². The first-order chi connectivity index (χ1) is 17.3. The average molecular weight is 479 g/mol. The smallest absolute Gasteiger partial charge is 0.338 e. The van der Waals surface area contributed by atoms with Crippen LogP contribution in [0.3, 0.4) is 0 Å². The van der Waals surface area contributed by atoms with Gasteiger partial charge in [-0.25, -0.2) is 4.79 Å². The van der Waals surface area contributed by atoms with Crippen LogP contribution in [0.4, 0.5) is 0 Å². The van der Waals surface area contributed by atoms with Gasteiger partial charge in [0.25, 0.3) is 0 Å². The van der Waals surface area contributed by atoms with Crippen molar-refractivity contribution in [3.05, 3.63) is 59.2 Å². The molecule has 3 heteroatoms. The van der Waals surface area contributed by atoms with E-state index in [-0.39, 0.29) is 5.97 Å². The zero-order valence-corrected chi connectivity index (χ0v) is 22.0. The average Bonchev–Trinajstić information content (AvgIpc) is 2.88. The van der Waals surface area contributed by atoms with Crippen molar-refractivity contribution < 1.29 is 14.3 Å². The quantitative estimate of drug-likeness (QED) is 0.135. The molecular weight excluding hydrogens is 432 g/mol. The first-order valence-electron chi connectivity index (χ1n) is 14.3. The van der Waals surface area contributed by atoms with Crippen LogP contribution < -0.4 is 4.74 Å². The van der Waals surface area contributed by atoms with Gasteiger partial charge in [0, 0.05) is 12.0 Å². The summed E-state index contributed by atoms with van der Waals surface area (Å²) in [5.74, 6) is 1.41. The van der Waals surface area contributed by atoms with E-state index in [1.165, 1.54) is 89.9 Å². The lowest BCUT2D eigenvalue weighted by Crippen LogP contribution is -2.13. The molecule has 0 N–H and O–H groups in total. The van der Waals surface area contributed by atoms with Crippen molar-refractivity contribution in [2.75, 3.05) is 6.61 Å². The molecule has 192 valence electrons. The summed E-state index contributed by atoms with van der Waals surface area (Å²) < 4.78 is 11.6. The number of hydrogen-bond donors (Lipinski definition) is 0. The molecule has 3 rings (SSSR count). The fourth-order valence-corrected chi connectivity index (χ4v) is 4.99. The Bertz CT molecular complexity index is 873. The molecule has 2 aromatic rings. The lowest BCUT2D eigenvalue weighted by atomic mass is 9.96. The summed E-state index contributed by atoms with van der Waals surface area (Å²) in [6.07, 6.45) is 22.2. The molecule has 0 unspecified atom stereocenters. The highest BCUT2D eigenvalue weighted by Crippen LogP contribution is 2.38. The van der Waals surface area contributed by atoms with E-state index in [1.807, 2.05) is 36.4 Å². The van der Waals surface area contributed by atoms with Crippen LogP contribution in [0.1, 0.15) is 131 Å². The number of esters is 1. The molecule has 0 atom stereocenters. The maximum atomic E-state index is 12.7. The highest BCUT2D eigenvalue weighted by atomic mass is 16.5. The molecule has 1 aliphatic heterocycles. The van der Waals surface area contributed by atoms with Crippen molar-refractivity contribution in [3.8, 4) is 11.5 Å². The highest BCUT2D eigenvalue weighted by Gasteiger charge is 2.22. The van der Waals surface area contributed by atoms with Gasteiger partial charge in [-0.2, -0.15) is 0 Å². The Morgan fingerprint density at radius 3 is 1.86 bits per heavy atom. The molecule has 0 saturated heterocycles. The molecule has 0 bridgehead atoms. The van der Waals surface area contributed by atoms with Crippen molar-refractivity contribution in [2.24, 2.45) is 0 Å². The predicted octanol–water partition coefficient (Wildman–Crippen LogP) is 9.80. The SMILES string of the molecule is CCCCCCCCCCCCCCCCCCOC(=O)c1cccc2c1Cc1ccccc1O2.